The van der Waals surface area contributed by atoms with Gasteiger partial charge in [-0.2, -0.15) is 0 Å². The van der Waals surface area contributed by atoms with Crippen molar-refractivity contribution in [3.8, 4) is 28.3 Å². The van der Waals surface area contributed by atoms with E-state index in [0.29, 0.717) is 5.82 Å². The first kappa shape index (κ1) is 12.5. The highest BCUT2D eigenvalue weighted by molar-refractivity contribution is 5.80. The Morgan fingerprint density at radius 1 is 0.818 bits per heavy atom. The van der Waals surface area contributed by atoms with Gasteiger partial charge in [-0.1, -0.05) is 0 Å². The van der Waals surface area contributed by atoms with Crippen molar-refractivity contribution in [3.63, 3.8) is 0 Å². The van der Waals surface area contributed by atoms with E-state index in [1.807, 2.05) is 12.1 Å². The van der Waals surface area contributed by atoms with Crippen molar-refractivity contribution in [2.24, 2.45) is 0 Å². The molecular formula is C17H11N3O2. The Bertz CT molecular complexity index is 932. The van der Waals surface area contributed by atoms with Crippen LogP contribution in [-0.2, 0) is 0 Å². The molecule has 106 valence electrons. The van der Waals surface area contributed by atoms with Crippen LogP contribution in [0.5, 0.6) is 5.75 Å². The summed E-state index contributed by atoms with van der Waals surface area (Å²) < 4.78 is 5.10. The molecule has 0 radical (unpaired) electrons. The number of rotatable bonds is 2. The van der Waals surface area contributed by atoms with E-state index in [2.05, 4.69) is 15.0 Å². The van der Waals surface area contributed by atoms with Crippen LogP contribution in [0.15, 0.2) is 65.7 Å². The smallest absolute Gasteiger partial charge is 0.159 e. The van der Waals surface area contributed by atoms with E-state index < -0.39 is 0 Å². The molecule has 4 aromatic rings. The van der Waals surface area contributed by atoms with Crippen molar-refractivity contribution in [3.05, 3.63) is 61.3 Å². The van der Waals surface area contributed by atoms with Gasteiger partial charge in [0.05, 0.1) is 24.2 Å². The molecule has 0 amide bonds. The molecule has 0 bridgehead atoms. The molecule has 5 nitrogen and oxygen atoms in total. The molecule has 5 heteroatoms. The third-order valence-electron chi connectivity index (χ3n) is 3.41. The SMILES string of the molecule is Oc1ccc(-c2ncc3ncc(-c4ccoc4)cc3n2)cc1. The van der Waals surface area contributed by atoms with E-state index in [1.165, 1.54) is 0 Å². The number of phenols is 1. The highest BCUT2D eigenvalue weighted by atomic mass is 16.3. The van der Waals surface area contributed by atoms with E-state index in [9.17, 15) is 5.11 Å². The van der Waals surface area contributed by atoms with Crippen LogP contribution in [0.2, 0.25) is 0 Å². The third kappa shape index (κ3) is 2.18. The zero-order chi connectivity index (χ0) is 14.9. The zero-order valence-corrected chi connectivity index (χ0v) is 11.5. The monoisotopic (exact) mass is 289 g/mol. The minimum Gasteiger partial charge on any atom is -0.508 e. The van der Waals surface area contributed by atoms with Crippen molar-refractivity contribution in [1.82, 2.24) is 15.0 Å². The molecule has 3 aromatic heterocycles. The van der Waals surface area contributed by atoms with Crippen molar-refractivity contribution >= 4 is 11.0 Å². The van der Waals surface area contributed by atoms with Gasteiger partial charge < -0.3 is 9.52 Å². The minimum absolute atomic E-state index is 0.216. The van der Waals surface area contributed by atoms with Crippen LogP contribution in [0.25, 0.3) is 33.5 Å². The summed E-state index contributed by atoms with van der Waals surface area (Å²) >= 11 is 0. The summed E-state index contributed by atoms with van der Waals surface area (Å²) in [6, 6.07) is 10.6. The van der Waals surface area contributed by atoms with E-state index in [-0.39, 0.29) is 5.75 Å². The van der Waals surface area contributed by atoms with Gasteiger partial charge in [-0.05, 0) is 36.4 Å². The molecule has 0 fully saturated rings. The van der Waals surface area contributed by atoms with E-state index in [4.69, 9.17) is 4.42 Å². The summed E-state index contributed by atoms with van der Waals surface area (Å²) in [6.45, 7) is 0. The molecule has 0 spiro atoms. The Morgan fingerprint density at radius 3 is 2.45 bits per heavy atom. The number of hydrogen-bond donors (Lipinski definition) is 1. The molecule has 1 aromatic carbocycles. The second-order valence-electron chi connectivity index (χ2n) is 4.88. The molecule has 0 aliphatic carbocycles. The van der Waals surface area contributed by atoms with Crippen LogP contribution in [0.1, 0.15) is 0 Å². The zero-order valence-electron chi connectivity index (χ0n) is 11.5. The molecule has 4 rings (SSSR count). The van der Waals surface area contributed by atoms with Gasteiger partial charge in [0.25, 0.3) is 0 Å². The predicted molar refractivity (Wildman–Crippen MR) is 82.1 cm³/mol. The van der Waals surface area contributed by atoms with E-state index >= 15 is 0 Å². The van der Waals surface area contributed by atoms with Crippen molar-refractivity contribution < 1.29 is 9.52 Å². The quantitative estimate of drug-likeness (QED) is 0.609. The van der Waals surface area contributed by atoms with Gasteiger partial charge in [0.15, 0.2) is 5.82 Å². The molecule has 22 heavy (non-hydrogen) atoms. The molecular weight excluding hydrogens is 278 g/mol. The molecule has 1 N–H and O–H groups in total. The number of hydrogen-bond acceptors (Lipinski definition) is 5. The van der Waals surface area contributed by atoms with Gasteiger partial charge in [-0.25, -0.2) is 9.97 Å². The Morgan fingerprint density at radius 2 is 1.68 bits per heavy atom. The third-order valence-corrected chi connectivity index (χ3v) is 3.41. The Hall–Kier alpha value is -3.21. The number of pyridine rings is 1. The standard InChI is InChI=1S/C17H11N3O2/c21-14-3-1-11(2-4-14)17-19-9-16-15(20-17)7-13(8-18-16)12-5-6-22-10-12/h1-10,21H. The number of phenolic OH excluding ortho intramolecular Hbond substituents is 1. The summed E-state index contributed by atoms with van der Waals surface area (Å²) in [5, 5.41) is 9.36. The second kappa shape index (κ2) is 4.96. The summed E-state index contributed by atoms with van der Waals surface area (Å²) in [7, 11) is 0. The van der Waals surface area contributed by atoms with Crippen molar-refractivity contribution in [2.45, 2.75) is 0 Å². The first-order valence-electron chi connectivity index (χ1n) is 6.74. The number of furan rings is 1. The lowest BCUT2D eigenvalue weighted by Gasteiger charge is -2.04. The Balaban J connectivity index is 1.83. The van der Waals surface area contributed by atoms with Gasteiger partial charge in [-0.15, -0.1) is 0 Å². The highest BCUT2D eigenvalue weighted by Gasteiger charge is 2.07. The number of aromatic hydroxyl groups is 1. The molecule has 0 saturated heterocycles. The summed E-state index contributed by atoms with van der Waals surface area (Å²) in [5.41, 5.74) is 4.23. The number of aromatic nitrogens is 3. The lowest BCUT2D eigenvalue weighted by molar-refractivity contribution is 0.475. The van der Waals surface area contributed by atoms with E-state index in [0.717, 1.165) is 27.7 Å². The highest BCUT2D eigenvalue weighted by Crippen LogP contribution is 2.24. The molecule has 0 aliphatic rings. The fraction of sp³-hybridized carbons (Fsp3) is 0. The topological polar surface area (TPSA) is 72.0 Å². The largest absolute Gasteiger partial charge is 0.508 e. The van der Waals surface area contributed by atoms with Crippen LogP contribution in [0, 0.1) is 0 Å². The molecule has 0 aliphatic heterocycles. The fourth-order valence-electron chi connectivity index (χ4n) is 2.25. The fourth-order valence-corrected chi connectivity index (χ4v) is 2.25. The average molecular weight is 289 g/mol. The number of benzene rings is 1. The minimum atomic E-state index is 0.216. The van der Waals surface area contributed by atoms with Crippen LogP contribution in [0.4, 0.5) is 0 Å². The van der Waals surface area contributed by atoms with Gasteiger partial charge in [0, 0.05) is 22.9 Å². The van der Waals surface area contributed by atoms with Crippen molar-refractivity contribution in [2.75, 3.05) is 0 Å². The van der Waals surface area contributed by atoms with Crippen LogP contribution >= 0.6 is 0 Å². The first-order chi connectivity index (χ1) is 10.8. The van der Waals surface area contributed by atoms with Gasteiger partial charge >= 0.3 is 0 Å². The summed E-state index contributed by atoms with van der Waals surface area (Å²) in [4.78, 5) is 13.3. The van der Waals surface area contributed by atoms with Gasteiger partial charge in [0.2, 0.25) is 0 Å². The number of fused-ring (bicyclic) bond motifs is 1. The van der Waals surface area contributed by atoms with Crippen LogP contribution in [0.3, 0.4) is 0 Å². The molecule has 0 saturated carbocycles. The van der Waals surface area contributed by atoms with E-state index in [1.54, 1.807) is 49.2 Å². The second-order valence-corrected chi connectivity index (χ2v) is 4.88. The van der Waals surface area contributed by atoms with Crippen LogP contribution < -0.4 is 0 Å². The maximum absolute atomic E-state index is 9.36. The predicted octanol–water partition coefficient (Wildman–Crippen LogP) is 3.66. The lowest BCUT2D eigenvalue weighted by Crippen LogP contribution is -1.92. The van der Waals surface area contributed by atoms with Crippen molar-refractivity contribution in [1.29, 1.82) is 0 Å². The maximum Gasteiger partial charge on any atom is 0.159 e. The molecule has 3 heterocycles. The Labute approximate surface area is 125 Å². The van der Waals surface area contributed by atoms with Gasteiger partial charge in [0.1, 0.15) is 11.3 Å². The average Bonchev–Trinajstić information content (AvgIpc) is 3.09. The molecule has 0 atom stereocenters. The lowest BCUT2D eigenvalue weighted by atomic mass is 10.1. The first-order valence-corrected chi connectivity index (χ1v) is 6.74. The Kier molecular flexibility index (Phi) is 2.83. The summed E-state index contributed by atoms with van der Waals surface area (Å²) in [5.74, 6) is 0.812. The van der Waals surface area contributed by atoms with Crippen LogP contribution in [-0.4, -0.2) is 20.1 Å². The summed E-state index contributed by atoms with van der Waals surface area (Å²) in [6.07, 6.45) is 6.77. The normalized spacial score (nSPS) is 10.9. The maximum atomic E-state index is 9.36. The molecule has 0 unspecified atom stereocenters. The number of nitrogens with zero attached hydrogens (tertiary/aromatic N) is 3. The van der Waals surface area contributed by atoms with Gasteiger partial charge in [-0.3, -0.25) is 4.98 Å².